The first-order valence-electron chi connectivity index (χ1n) is 17.4. The fourth-order valence-electron chi connectivity index (χ4n) is 7.71. The van der Waals surface area contributed by atoms with Gasteiger partial charge in [-0.05, 0) is 95.6 Å². The molecule has 8 aromatic rings. The summed E-state index contributed by atoms with van der Waals surface area (Å²) >= 11 is 1.69. The average molecular weight is 673 g/mol. The minimum Gasteiger partial charge on any atom is -0.359 e. The molecule has 246 valence electrons. The van der Waals surface area contributed by atoms with Crippen molar-refractivity contribution in [1.82, 2.24) is 9.97 Å². The number of benzene rings is 5. The van der Waals surface area contributed by atoms with Crippen molar-refractivity contribution in [3.8, 4) is 11.1 Å². The molecule has 0 fully saturated rings. The monoisotopic (exact) mass is 672 g/mol. The number of hydrogen-bond acceptors (Lipinski definition) is 5. The SMILES string of the molecule is Cc1ccc2c3c(ccc2n1)NC(c1cccc2c1sc1nc4cccc(F)c4cc12)N3c1c(C(C)C)cc(-c2ccccc2)cc1C(C)C. The summed E-state index contributed by atoms with van der Waals surface area (Å²) in [4.78, 5) is 13.4. The Morgan fingerprint density at radius 2 is 1.40 bits per heavy atom. The van der Waals surface area contributed by atoms with E-state index in [9.17, 15) is 4.39 Å². The molecule has 0 amide bonds. The zero-order valence-electron chi connectivity index (χ0n) is 28.8. The second-order valence-corrected chi connectivity index (χ2v) is 15.0. The van der Waals surface area contributed by atoms with Gasteiger partial charge in [0.05, 0.1) is 28.1 Å². The molecule has 0 saturated heterocycles. The van der Waals surface area contributed by atoms with Gasteiger partial charge in [-0.15, -0.1) is 11.3 Å². The lowest BCUT2D eigenvalue weighted by molar-refractivity contribution is 0.640. The number of pyridine rings is 2. The second-order valence-electron chi connectivity index (χ2n) is 14.1. The van der Waals surface area contributed by atoms with Crippen molar-refractivity contribution in [3.05, 3.63) is 137 Å². The van der Waals surface area contributed by atoms with Gasteiger partial charge in [-0.2, -0.15) is 0 Å². The maximum absolute atomic E-state index is 15.0. The van der Waals surface area contributed by atoms with Gasteiger partial charge in [0.25, 0.3) is 0 Å². The Morgan fingerprint density at radius 3 is 2.16 bits per heavy atom. The highest BCUT2D eigenvalue weighted by molar-refractivity contribution is 7.25. The zero-order chi connectivity index (χ0) is 34.3. The number of halogens is 1. The Bertz CT molecular complexity index is 2600. The van der Waals surface area contributed by atoms with Crippen LogP contribution in [0.2, 0.25) is 0 Å². The molecule has 4 heterocycles. The van der Waals surface area contributed by atoms with Crippen molar-refractivity contribution in [3.63, 3.8) is 0 Å². The number of aryl methyl sites for hydroxylation is 1. The fourth-order valence-corrected chi connectivity index (χ4v) is 8.91. The van der Waals surface area contributed by atoms with E-state index in [1.54, 1.807) is 17.4 Å². The minimum absolute atomic E-state index is 0.211. The van der Waals surface area contributed by atoms with Gasteiger partial charge < -0.3 is 10.2 Å². The summed E-state index contributed by atoms with van der Waals surface area (Å²) in [5, 5.41) is 7.73. The molecule has 1 aliphatic rings. The standard InChI is InChI=1S/C44H37FN4S/c1-24(2)32-21-28(27-11-7-6-8-12-27)22-33(25(3)4)40(32)49-41-30-18-17-26(5)46-38(30)19-20-39(41)47-43(49)31-14-9-13-29-34-23-35-36(45)15-10-16-37(35)48-44(34)50-42(29)31/h6-25,43,47H,1-5H3. The molecule has 6 heteroatoms. The van der Waals surface area contributed by atoms with Crippen molar-refractivity contribution in [2.75, 3.05) is 10.2 Å². The molecule has 1 unspecified atom stereocenters. The summed E-state index contributed by atoms with van der Waals surface area (Å²) in [6, 6.07) is 37.8. The normalized spacial score (nSPS) is 14.5. The van der Waals surface area contributed by atoms with Crippen LogP contribution < -0.4 is 10.2 Å². The first-order chi connectivity index (χ1) is 24.3. The van der Waals surface area contributed by atoms with Crippen molar-refractivity contribution in [2.45, 2.75) is 52.6 Å². The van der Waals surface area contributed by atoms with Crippen LogP contribution in [0.1, 0.15) is 68.1 Å². The predicted molar refractivity (Wildman–Crippen MR) is 210 cm³/mol. The van der Waals surface area contributed by atoms with Gasteiger partial charge in [0, 0.05) is 37.5 Å². The quantitative estimate of drug-likeness (QED) is 0.198. The molecule has 3 aromatic heterocycles. The Hall–Kier alpha value is -5.33. The van der Waals surface area contributed by atoms with Crippen LogP contribution in [-0.4, -0.2) is 9.97 Å². The molecule has 50 heavy (non-hydrogen) atoms. The molecule has 5 aromatic carbocycles. The number of thiophene rings is 1. The third kappa shape index (κ3) is 4.77. The number of nitrogens with one attached hydrogen (secondary N) is 1. The lowest BCUT2D eigenvalue weighted by Crippen LogP contribution is -2.26. The van der Waals surface area contributed by atoms with Crippen LogP contribution in [0.3, 0.4) is 0 Å². The Kier molecular flexibility index (Phi) is 7.15. The van der Waals surface area contributed by atoms with E-state index >= 15 is 0 Å². The first kappa shape index (κ1) is 30.7. The highest BCUT2D eigenvalue weighted by atomic mass is 32.1. The molecule has 0 bridgehead atoms. The molecule has 1 N–H and O–H groups in total. The Balaban J connectivity index is 1.35. The van der Waals surface area contributed by atoms with Crippen molar-refractivity contribution >= 4 is 70.5 Å². The summed E-state index contributed by atoms with van der Waals surface area (Å²) in [6.45, 7) is 11.2. The van der Waals surface area contributed by atoms with Gasteiger partial charge in [-0.3, -0.25) is 4.98 Å². The number of fused-ring (bicyclic) bond motifs is 7. The predicted octanol–water partition coefficient (Wildman–Crippen LogP) is 12.8. The average Bonchev–Trinajstić information content (AvgIpc) is 3.69. The molecular formula is C44H37FN4S. The number of anilines is 3. The molecular weight excluding hydrogens is 636 g/mol. The molecule has 0 radical (unpaired) electrons. The van der Waals surface area contributed by atoms with E-state index in [4.69, 9.17) is 9.97 Å². The van der Waals surface area contributed by atoms with Crippen LogP contribution in [0.5, 0.6) is 0 Å². The topological polar surface area (TPSA) is 41.1 Å². The molecule has 0 aliphatic carbocycles. The lowest BCUT2D eigenvalue weighted by atomic mass is 9.87. The molecule has 1 aliphatic heterocycles. The van der Waals surface area contributed by atoms with E-state index in [1.165, 1.54) is 34.0 Å². The van der Waals surface area contributed by atoms with Gasteiger partial charge in [0.15, 0.2) is 0 Å². The van der Waals surface area contributed by atoms with E-state index in [0.717, 1.165) is 53.8 Å². The van der Waals surface area contributed by atoms with Gasteiger partial charge in [0.1, 0.15) is 16.8 Å². The number of nitrogens with zero attached hydrogens (tertiary/aromatic N) is 3. The summed E-state index contributed by atoms with van der Waals surface area (Å²) in [6.07, 6.45) is -0.211. The molecule has 1 atom stereocenters. The maximum atomic E-state index is 15.0. The van der Waals surface area contributed by atoms with Crippen LogP contribution in [0.25, 0.3) is 53.2 Å². The summed E-state index contributed by atoms with van der Waals surface area (Å²) < 4.78 is 16.1. The minimum atomic E-state index is -0.247. The summed E-state index contributed by atoms with van der Waals surface area (Å²) in [5.41, 5.74) is 12.3. The van der Waals surface area contributed by atoms with Crippen molar-refractivity contribution in [2.24, 2.45) is 0 Å². The molecule has 9 rings (SSSR count). The van der Waals surface area contributed by atoms with Crippen LogP contribution in [0.15, 0.2) is 109 Å². The molecule has 0 saturated carbocycles. The first-order valence-corrected chi connectivity index (χ1v) is 18.2. The van der Waals surface area contributed by atoms with E-state index in [0.29, 0.717) is 10.9 Å². The Morgan fingerprint density at radius 1 is 0.660 bits per heavy atom. The van der Waals surface area contributed by atoms with E-state index < -0.39 is 0 Å². The number of aromatic nitrogens is 2. The third-order valence-electron chi connectivity index (χ3n) is 10.1. The maximum Gasteiger partial charge on any atom is 0.132 e. The van der Waals surface area contributed by atoms with Gasteiger partial charge in [0.2, 0.25) is 0 Å². The Labute approximate surface area is 295 Å². The van der Waals surface area contributed by atoms with E-state index in [-0.39, 0.29) is 23.8 Å². The number of rotatable bonds is 5. The van der Waals surface area contributed by atoms with Gasteiger partial charge in [-0.25, -0.2) is 9.37 Å². The molecule has 4 nitrogen and oxygen atoms in total. The second kappa shape index (κ2) is 11.6. The largest absolute Gasteiger partial charge is 0.359 e. The summed E-state index contributed by atoms with van der Waals surface area (Å²) in [5.74, 6) is 0.277. The third-order valence-corrected chi connectivity index (χ3v) is 11.3. The summed E-state index contributed by atoms with van der Waals surface area (Å²) in [7, 11) is 0. The van der Waals surface area contributed by atoms with Gasteiger partial charge >= 0.3 is 0 Å². The van der Waals surface area contributed by atoms with Crippen molar-refractivity contribution < 1.29 is 4.39 Å². The fraction of sp³-hybridized carbons (Fsp3) is 0.182. The highest BCUT2D eigenvalue weighted by Gasteiger charge is 2.37. The van der Waals surface area contributed by atoms with Gasteiger partial charge in [-0.1, -0.05) is 82.3 Å². The van der Waals surface area contributed by atoms with E-state index in [2.05, 4.69) is 123 Å². The zero-order valence-corrected chi connectivity index (χ0v) is 29.6. The van der Waals surface area contributed by atoms with Crippen LogP contribution in [0, 0.1) is 12.7 Å². The highest BCUT2D eigenvalue weighted by Crippen LogP contribution is 2.55. The molecule has 0 spiro atoms. The lowest BCUT2D eigenvalue weighted by Gasteiger charge is -2.34. The van der Waals surface area contributed by atoms with Crippen LogP contribution in [0.4, 0.5) is 21.5 Å². The van der Waals surface area contributed by atoms with Crippen molar-refractivity contribution in [1.29, 1.82) is 0 Å². The smallest absolute Gasteiger partial charge is 0.132 e. The number of hydrogen-bond donors (Lipinski definition) is 1. The van der Waals surface area contributed by atoms with Crippen LogP contribution in [-0.2, 0) is 0 Å². The van der Waals surface area contributed by atoms with E-state index in [1.807, 2.05) is 19.1 Å². The van der Waals surface area contributed by atoms with Crippen LogP contribution >= 0.6 is 11.3 Å².